The van der Waals surface area contributed by atoms with Crippen LogP contribution in [-0.2, 0) is 5.41 Å². The Balaban J connectivity index is 2.26. The SMILES string of the molecule is CCCC(C)C(Br)c1ccc2c(c1)C(C)(C)CO2. The molecule has 0 saturated carbocycles. The fourth-order valence-electron chi connectivity index (χ4n) is 2.64. The molecule has 1 aromatic rings. The molecule has 18 heavy (non-hydrogen) atoms. The summed E-state index contributed by atoms with van der Waals surface area (Å²) in [4.78, 5) is 0.444. The van der Waals surface area contributed by atoms with Gasteiger partial charge in [0.2, 0.25) is 0 Å². The molecule has 0 bridgehead atoms. The fraction of sp³-hybridized carbons (Fsp3) is 0.625. The fourth-order valence-corrected chi connectivity index (χ4v) is 3.19. The van der Waals surface area contributed by atoms with Gasteiger partial charge in [-0.1, -0.05) is 62.2 Å². The molecule has 2 unspecified atom stereocenters. The molecule has 1 aliphatic rings. The van der Waals surface area contributed by atoms with E-state index in [0.717, 1.165) is 12.4 Å². The number of hydrogen-bond acceptors (Lipinski definition) is 1. The summed E-state index contributed by atoms with van der Waals surface area (Å²) in [7, 11) is 0. The van der Waals surface area contributed by atoms with Crippen LogP contribution in [0.2, 0.25) is 0 Å². The van der Waals surface area contributed by atoms with Crippen LogP contribution in [0.25, 0.3) is 0 Å². The van der Waals surface area contributed by atoms with Gasteiger partial charge in [0.05, 0.1) is 6.61 Å². The molecule has 2 rings (SSSR count). The lowest BCUT2D eigenvalue weighted by Crippen LogP contribution is -2.18. The molecule has 0 aromatic heterocycles. The van der Waals surface area contributed by atoms with Crippen molar-refractivity contribution in [1.29, 1.82) is 0 Å². The quantitative estimate of drug-likeness (QED) is 0.692. The van der Waals surface area contributed by atoms with E-state index in [9.17, 15) is 0 Å². The molecule has 0 amide bonds. The molecule has 0 N–H and O–H groups in total. The minimum Gasteiger partial charge on any atom is -0.492 e. The van der Waals surface area contributed by atoms with Crippen LogP contribution in [-0.4, -0.2) is 6.61 Å². The van der Waals surface area contributed by atoms with Crippen molar-refractivity contribution in [2.45, 2.75) is 50.8 Å². The first-order chi connectivity index (χ1) is 8.45. The lowest BCUT2D eigenvalue weighted by atomic mass is 9.85. The molecule has 0 radical (unpaired) electrons. The van der Waals surface area contributed by atoms with E-state index in [4.69, 9.17) is 4.74 Å². The molecule has 2 atom stereocenters. The van der Waals surface area contributed by atoms with E-state index in [-0.39, 0.29) is 5.41 Å². The van der Waals surface area contributed by atoms with E-state index in [1.807, 2.05) is 0 Å². The number of fused-ring (bicyclic) bond motifs is 1. The van der Waals surface area contributed by atoms with Crippen LogP contribution >= 0.6 is 15.9 Å². The first-order valence-electron chi connectivity index (χ1n) is 6.87. The van der Waals surface area contributed by atoms with Gasteiger partial charge in [-0.25, -0.2) is 0 Å². The number of alkyl halides is 1. The highest BCUT2D eigenvalue weighted by molar-refractivity contribution is 9.09. The number of halogens is 1. The highest BCUT2D eigenvalue weighted by Crippen LogP contribution is 2.42. The normalized spacial score (nSPS) is 20.1. The van der Waals surface area contributed by atoms with Gasteiger partial charge in [0.1, 0.15) is 5.75 Å². The molecule has 1 heterocycles. The molecule has 0 fully saturated rings. The van der Waals surface area contributed by atoms with Gasteiger partial charge in [-0.15, -0.1) is 0 Å². The van der Waals surface area contributed by atoms with Gasteiger partial charge in [-0.05, 0) is 24.0 Å². The van der Waals surface area contributed by atoms with Crippen molar-refractivity contribution >= 4 is 15.9 Å². The summed E-state index contributed by atoms with van der Waals surface area (Å²) in [6.45, 7) is 9.86. The van der Waals surface area contributed by atoms with Crippen molar-refractivity contribution in [3.63, 3.8) is 0 Å². The maximum atomic E-state index is 5.74. The van der Waals surface area contributed by atoms with Crippen LogP contribution in [0.1, 0.15) is 56.5 Å². The van der Waals surface area contributed by atoms with Gasteiger partial charge in [-0.3, -0.25) is 0 Å². The van der Waals surface area contributed by atoms with E-state index in [2.05, 4.69) is 61.8 Å². The first-order valence-corrected chi connectivity index (χ1v) is 7.78. The largest absolute Gasteiger partial charge is 0.492 e. The minimum absolute atomic E-state index is 0.145. The molecule has 1 nitrogen and oxygen atoms in total. The summed E-state index contributed by atoms with van der Waals surface area (Å²) in [6, 6.07) is 6.66. The van der Waals surface area contributed by atoms with E-state index < -0.39 is 0 Å². The van der Waals surface area contributed by atoms with Gasteiger partial charge in [0.15, 0.2) is 0 Å². The topological polar surface area (TPSA) is 9.23 Å². The maximum Gasteiger partial charge on any atom is 0.123 e. The lowest BCUT2D eigenvalue weighted by Gasteiger charge is -2.21. The second-order valence-corrected chi connectivity index (χ2v) is 7.08. The molecular formula is C16H23BrO. The Kier molecular flexibility index (Phi) is 4.05. The minimum atomic E-state index is 0.145. The third-order valence-electron chi connectivity index (χ3n) is 3.88. The third kappa shape index (κ3) is 2.59. The van der Waals surface area contributed by atoms with Gasteiger partial charge < -0.3 is 4.74 Å². The van der Waals surface area contributed by atoms with Gasteiger partial charge >= 0.3 is 0 Å². The Hall–Kier alpha value is -0.500. The molecule has 0 saturated heterocycles. The average molecular weight is 311 g/mol. The van der Waals surface area contributed by atoms with Crippen molar-refractivity contribution in [3.8, 4) is 5.75 Å². The Morgan fingerprint density at radius 2 is 2.11 bits per heavy atom. The van der Waals surface area contributed by atoms with Crippen LogP contribution in [0.3, 0.4) is 0 Å². The van der Waals surface area contributed by atoms with Crippen LogP contribution in [0.4, 0.5) is 0 Å². The van der Waals surface area contributed by atoms with Crippen molar-refractivity contribution in [2.75, 3.05) is 6.61 Å². The summed E-state index contributed by atoms with van der Waals surface area (Å²) in [6.07, 6.45) is 2.50. The zero-order valence-corrected chi connectivity index (χ0v) is 13.4. The number of benzene rings is 1. The van der Waals surface area contributed by atoms with E-state index in [1.54, 1.807) is 0 Å². The van der Waals surface area contributed by atoms with Gasteiger partial charge in [0, 0.05) is 15.8 Å². The van der Waals surface area contributed by atoms with Crippen LogP contribution in [0, 0.1) is 5.92 Å². The molecule has 2 heteroatoms. The van der Waals surface area contributed by atoms with Crippen molar-refractivity contribution in [2.24, 2.45) is 5.92 Å². The Labute approximate surface area is 119 Å². The second-order valence-electron chi connectivity index (χ2n) is 6.10. The zero-order chi connectivity index (χ0) is 13.3. The Morgan fingerprint density at radius 3 is 2.78 bits per heavy atom. The zero-order valence-electron chi connectivity index (χ0n) is 11.8. The summed E-state index contributed by atoms with van der Waals surface area (Å²) in [5, 5.41) is 0. The first kappa shape index (κ1) is 13.9. The van der Waals surface area contributed by atoms with Gasteiger partial charge in [0.25, 0.3) is 0 Å². The average Bonchev–Trinajstić information content (AvgIpc) is 2.64. The predicted octanol–water partition coefficient (Wildman–Crippen LogP) is 5.23. The molecule has 1 aromatic carbocycles. The summed E-state index contributed by atoms with van der Waals surface area (Å²) in [5.74, 6) is 1.73. The summed E-state index contributed by atoms with van der Waals surface area (Å²) in [5.41, 5.74) is 2.88. The monoisotopic (exact) mass is 310 g/mol. The maximum absolute atomic E-state index is 5.74. The van der Waals surface area contributed by atoms with E-state index >= 15 is 0 Å². The predicted molar refractivity (Wildman–Crippen MR) is 80.7 cm³/mol. The van der Waals surface area contributed by atoms with Crippen molar-refractivity contribution in [1.82, 2.24) is 0 Å². The Morgan fingerprint density at radius 1 is 1.39 bits per heavy atom. The third-order valence-corrected chi connectivity index (χ3v) is 5.31. The molecule has 0 spiro atoms. The molecular weight excluding hydrogens is 288 g/mol. The number of rotatable bonds is 4. The lowest BCUT2D eigenvalue weighted by molar-refractivity contribution is 0.291. The van der Waals surface area contributed by atoms with Crippen molar-refractivity contribution < 1.29 is 4.74 Å². The Bertz CT molecular complexity index is 425. The molecule has 1 aliphatic heterocycles. The summed E-state index contributed by atoms with van der Waals surface area (Å²) < 4.78 is 5.74. The number of hydrogen-bond donors (Lipinski definition) is 0. The molecule has 0 aliphatic carbocycles. The highest BCUT2D eigenvalue weighted by atomic mass is 79.9. The van der Waals surface area contributed by atoms with Gasteiger partial charge in [-0.2, -0.15) is 0 Å². The van der Waals surface area contributed by atoms with E-state index in [0.29, 0.717) is 10.7 Å². The summed E-state index contributed by atoms with van der Waals surface area (Å²) >= 11 is 3.86. The molecule has 100 valence electrons. The van der Waals surface area contributed by atoms with Crippen LogP contribution < -0.4 is 4.74 Å². The van der Waals surface area contributed by atoms with Crippen molar-refractivity contribution in [3.05, 3.63) is 29.3 Å². The standard InChI is InChI=1S/C16H23BrO/c1-5-6-11(2)15(17)12-7-8-14-13(9-12)16(3,4)10-18-14/h7-9,11,15H,5-6,10H2,1-4H3. The van der Waals surface area contributed by atoms with E-state index in [1.165, 1.54) is 24.0 Å². The highest BCUT2D eigenvalue weighted by Gasteiger charge is 2.32. The smallest absolute Gasteiger partial charge is 0.123 e. The van der Waals surface area contributed by atoms with Crippen LogP contribution in [0.5, 0.6) is 5.75 Å². The second kappa shape index (κ2) is 5.24. The number of ether oxygens (including phenoxy) is 1. The van der Waals surface area contributed by atoms with Crippen LogP contribution in [0.15, 0.2) is 18.2 Å².